The number of hydrogen-bond donors (Lipinski definition) is 2. The molecule has 0 bridgehead atoms. The molecule has 0 aliphatic carbocycles. The fourth-order valence-electron chi connectivity index (χ4n) is 2.46. The average molecular weight is 385 g/mol. The van der Waals surface area contributed by atoms with E-state index >= 15 is 0 Å². The third kappa shape index (κ3) is 4.18. The van der Waals surface area contributed by atoms with E-state index in [1.165, 1.54) is 18.2 Å². The maximum absolute atomic E-state index is 12.4. The normalized spacial score (nSPS) is 10.4. The van der Waals surface area contributed by atoms with Crippen molar-refractivity contribution in [2.24, 2.45) is 0 Å². The number of benzene rings is 2. The summed E-state index contributed by atoms with van der Waals surface area (Å²) in [7, 11) is 0. The molecule has 1 aromatic heterocycles. The van der Waals surface area contributed by atoms with Gasteiger partial charge in [-0.1, -0.05) is 23.7 Å². The second-order valence-electron chi connectivity index (χ2n) is 5.69. The molecule has 1 heterocycles. The maximum atomic E-state index is 12.4. The number of hydrogen-bond acceptors (Lipinski definition) is 5. The van der Waals surface area contributed by atoms with Gasteiger partial charge in [-0.15, -0.1) is 0 Å². The highest BCUT2D eigenvalue weighted by Gasteiger charge is 2.16. The molecule has 136 valence electrons. The smallest absolute Gasteiger partial charge is 0.288 e. The minimum atomic E-state index is -0.653. The number of rotatable bonds is 4. The third-order valence-corrected chi connectivity index (χ3v) is 3.99. The van der Waals surface area contributed by atoms with Gasteiger partial charge in [0, 0.05) is 34.6 Å². The first-order valence-corrected chi connectivity index (χ1v) is 8.15. The second-order valence-corrected chi connectivity index (χ2v) is 6.10. The van der Waals surface area contributed by atoms with Gasteiger partial charge in [0.05, 0.1) is 4.92 Å². The molecular weight excluding hydrogens is 372 g/mol. The molecule has 2 aromatic carbocycles. The summed E-state index contributed by atoms with van der Waals surface area (Å²) in [6, 6.07) is 11.9. The highest BCUT2D eigenvalue weighted by atomic mass is 35.5. The van der Waals surface area contributed by atoms with Crippen molar-refractivity contribution in [1.82, 2.24) is 9.97 Å². The number of aromatic nitrogens is 2. The zero-order valence-electron chi connectivity index (χ0n) is 14.0. The number of carbonyl (C=O) groups excluding carboxylic acids is 1. The van der Waals surface area contributed by atoms with Crippen LogP contribution in [0, 0.1) is 17.0 Å². The number of carbonyl (C=O) groups is 1. The van der Waals surface area contributed by atoms with Crippen LogP contribution in [0.2, 0.25) is 5.02 Å². The van der Waals surface area contributed by atoms with Crippen LogP contribution in [-0.2, 0) is 0 Å². The summed E-state index contributed by atoms with van der Waals surface area (Å²) >= 11 is 5.76. The van der Waals surface area contributed by atoms with Crippen molar-refractivity contribution in [2.45, 2.75) is 6.92 Å². The van der Waals surface area contributed by atoms with E-state index in [9.17, 15) is 19.7 Å². The molecule has 0 aliphatic rings. The molecule has 1 amide bonds. The van der Waals surface area contributed by atoms with E-state index in [2.05, 4.69) is 15.3 Å². The molecule has 0 saturated heterocycles. The molecule has 3 aromatic rings. The van der Waals surface area contributed by atoms with E-state index < -0.39 is 10.8 Å². The fourth-order valence-corrected chi connectivity index (χ4v) is 2.64. The molecule has 0 spiro atoms. The SMILES string of the molecule is Cc1cc(=O)[nH]c(-c2cccc(NC(=O)c3ccc(Cl)c([N+](=O)[O-])c3)c2)n1. The van der Waals surface area contributed by atoms with Gasteiger partial charge in [-0.05, 0) is 31.2 Å². The summed E-state index contributed by atoms with van der Waals surface area (Å²) in [6.45, 7) is 1.71. The largest absolute Gasteiger partial charge is 0.322 e. The number of aromatic amines is 1. The molecule has 0 atom stereocenters. The zero-order valence-corrected chi connectivity index (χ0v) is 14.8. The summed E-state index contributed by atoms with van der Waals surface area (Å²) in [4.78, 5) is 41.2. The Morgan fingerprint density at radius 1 is 1.22 bits per heavy atom. The van der Waals surface area contributed by atoms with Crippen molar-refractivity contribution < 1.29 is 9.72 Å². The lowest BCUT2D eigenvalue weighted by Crippen LogP contribution is -2.12. The summed E-state index contributed by atoms with van der Waals surface area (Å²) in [5, 5.41) is 13.6. The van der Waals surface area contributed by atoms with Crippen molar-refractivity contribution in [3.63, 3.8) is 0 Å². The van der Waals surface area contributed by atoms with Gasteiger partial charge in [0.1, 0.15) is 10.8 Å². The highest BCUT2D eigenvalue weighted by molar-refractivity contribution is 6.32. The maximum Gasteiger partial charge on any atom is 0.288 e. The van der Waals surface area contributed by atoms with E-state index in [1.54, 1.807) is 31.2 Å². The molecule has 9 heteroatoms. The number of nitro benzene ring substituents is 1. The minimum Gasteiger partial charge on any atom is -0.322 e. The molecule has 3 rings (SSSR count). The average Bonchev–Trinajstić information content (AvgIpc) is 2.61. The topological polar surface area (TPSA) is 118 Å². The van der Waals surface area contributed by atoms with Crippen molar-refractivity contribution >= 4 is 28.9 Å². The van der Waals surface area contributed by atoms with Crippen LogP contribution in [0.15, 0.2) is 53.3 Å². The minimum absolute atomic E-state index is 0.0481. The molecule has 0 radical (unpaired) electrons. The molecule has 0 saturated carbocycles. The predicted octanol–water partition coefficient (Wildman–Crippen LogP) is 3.56. The first-order valence-electron chi connectivity index (χ1n) is 7.77. The Balaban J connectivity index is 1.88. The van der Waals surface area contributed by atoms with Gasteiger partial charge in [-0.2, -0.15) is 0 Å². The van der Waals surface area contributed by atoms with Crippen molar-refractivity contribution in [3.8, 4) is 11.4 Å². The summed E-state index contributed by atoms with van der Waals surface area (Å²) in [5.41, 5.74) is 1.09. The van der Waals surface area contributed by atoms with Gasteiger partial charge < -0.3 is 10.3 Å². The number of nitrogens with zero attached hydrogens (tertiary/aromatic N) is 2. The van der Waals surface area contributed by atoms with Gasteiger partial charge in [-0.3, -0.25) is 19.7 Å². The fraction of sp³-hybridized carbons (Fsp3) is 0.0556. The lowest BCUT2D eigenvalue weighted by Gasteiger charge is -2.08. The number of nitrogens with one attached hydrogen (secondary N) is 2. The van der Waals surface area contributed by atoms with E-state index in [0.717, 1.165) is 6.07 Å². The number of anilines is 1. The molecule has 0 unspecified atom stereocenters. The van der Waals surface area contributed by atoms with Gasteiger partial charge >= 0.3 is 0 Å². The second kappa shape index (κ2) is 7.38. The summed E-state index contributed by atoms with van der Waals surface area (Å²) in [6.07, 6.45) is 0. The monoisotopic (exact) mass is 384 g/mol. The van der Waals surface area contributed by atoms with E-state index in [-0.39, 0.29) is 21.8 Å². The lowest BCUT2D eigenvalue weighted by atomic mass is 10.1. The third-order valence-electron chi connectivity index (χ3n) is 3.67. The van der Waals surface area contributed by atoms with Crippen LogP contribution in [0.3, 0.4) is 0 Å². The molecule has 8 nitrogen and oxygen atoms in total. The van der Waals surface area contributed by atoms with Crippen LogP contribution in [-0.4, -0.2) is 20.8 Å². The van der Waals surface area contributed by atoms with Crippen LogP contribution in [0.4, 0.5) is 11.4 Å². The first-order chi connectivity index (χ1) is 12.8. The van der Waals surface area contributed by atoms with Crippen LogP contribution in [0.1, 0.15) is 16.1 Å². The Bertz CT molecular complexity index is 1110. The quantitative estimate of drug-likeness (QED) is 0.526. The van der Waals surface area contributed by atoms with E-state index in [4.69, 9.17) is 11.6 Å². The zero-order chi connectivity index (χ0) is 19.6. The Hall–Kier alpha value is -3.52. The number of halogens is 1. The Morgan fingerprint density at radius 3 is 2.70 bits per heavy atom. The first kappa shape index (κ1) is 18.3. The van der Waals surface area contributed by atoms with Gasteiger partial charge in [0.2, 0.25) is 0 Å². The molecular formula is C18H13ClN4O4. The number of amides is 1. The molecule has 2 N–H and O–H groups in total. The van der Waals surface area contributed by atoms with Crippen LogP contribution in [0.25, 0.3) is 11.4 Å². The van der Waals surface area contributed by atoms with Gasteiger partial charge in [0.25, 0.3) is 17.2 Å². The van der Waals surface area contributed by atoms with Crippen LogP contribution >= 0.6 is 11.6 Å². The Kier molecular flexibility index (Phi) is 5.00. The molecule has 0 aliphatic heterocycles. The van der Waals surface area contributed by atoms with Crippen molar-refractivity contribution in [2.75, 3.05) is 5.32 Å². The molecule has 0 fully saturated rings. The molecule has 27 heavy (non-hydrogen) atoms. The van der Waals surface area contributed by atoms with Crippen LogP contribution < -0.4 is 10.9 Å². The summed E-state index contributed by atoms with van der Waals surface area (Å²) in [5.74, 6) is -0.157. The summed E-state index contributed by atoms with van der Waals surface area (Å²) < 4.78 is 0. The van der Waals surface area contributed by atoms with E-state index in [1.807, 2.05) is 0 Å². The standard InChI is InChI=1S/C18H13ClN4O4/c1-10-7-16(24)22-17(20-10)11-3-2-4-13(8-11)21-18(25)12-5-6-14(19)15(9-12)23(26)27/h2-9H,1H3,(H,21,25)(H,20,22,24). The Labute approximate surface area is 158 Å². The predicted molar refractivity (Wildman–Crippen MR) is 101 cm³/mol. The number of H-pyrrole nitrogens is 1. The number of nitro groups is 1. The van der Waals surface area contributed by atoms with Crippen molar-refractivity contribution in [3.05, 3.63) is 85.3 Å². The Morgan fingerprint density at radius 2 is 2.00 bits per heavy atom. The van der Waals surface area contributed by atoms with Gasteiger partial charge in [-0.25, -0.2) is 4.98 Å². The van der Waals surface area contributed by atoms with E-state index in [0.29, 0.717) is 22.8 Å². The number of aryl methyl sites for hydroxylation is 1. The van der Waals surface area contributed by atoms with Crippen LogP contribution in [0.5, 0.6) is 0 Å². The van der Waals surface area contributed by atoms with Crippen molar-refractivity contribution in [1.29, 1.82) is 0 Å². The lowest BCUT2D eigenvalue weighted by molar-refractivity contribution is -0.384. The highest BCUT2D eigenvalue weighted by Crippen LogP contribution is 2.26. The van der Waals surface area contributed by atoms with Gasteiger partial charge in [0.15, 0.2) is 0 Å².